The minimum Gasteiger partial charge on any atom is -0.396 e. The lowest BCUT2D eigenvalue weighted by molar-refractivity contribution is -0.137. The molecule has 0 bridgehead atoms. The molecule has 3 N–H and O–H groups in total. The van der Waals surface area contributed by atoms with Crippen LogP contribution < -0.4 is 10.6 Å². The Kier molecular flexibility index (Phi) is 7.12. The van der Waals surface area contributed by atoms with E-state index in [1.54, 1.807) is 6.92 Å². The van der Waals surface area contributed by atoms with E-state index < -0.39 is 22.7 Å². The number of rotatable bonds is 7. The van der Waals surface area contributed by atoms with Crippen LogP contribution in [0.3, 0.4) is 0 Å². The van der Waals surface area contributed by atoms with Crippen LogP contribution in [0.4, 0.5) is 18.9 Å². The highest BCUT2D eigenvalue weighted by molar-refractivity contribution is 6.31. The second-order valence-electron chi connectivity index (χ2n) is 4.88. The van der Waals surface area contributed by atoms with E-state index >= 15 is 0 Å². The highest BCUT2D eigenvalue weighted by Gasteiger charge is 2.33. The summed E-state index contributed by atoms with van der Waals surface area (Å²) in [6.07, 6.45) is -3.90. The largest absolute Gasteiger partial charge is 0.417 e. The number of halogens is 4. The van der Waals surface area contributed by atoms with Crippen LogP contribution in [-0.2, 0) is 11.0 Å². The molecule has 1 aromatic carbocycles. The Bertz CT molecular complexity index is 509. The van der Waals surface area contributed by atoms with Crippen LogP contribution in [0.2, 0.25) is 5.02 Å². The molecular formula is C14H18ClF3N2O2. The van der Waals surface area contributed by atoms with Crippen molar-refractivity contribution in [2.75, 3.05) is 18.5 Å². The smallest absolute Gasteiger partial charge is 0.396 e. The van der Waals surface area contributed by atoms with Crippen LogP contribution in [0.5, 0.6) is 0 Å². The summed E-state index contributed by atoms with van der Waals surface area (Å²) in [4.78, 5) is 11.8. The van der Waals surface area contributed by atoms with Crippen LogP contribution in [-0.4, -0.2) is 30.2 Å². The molecule has 1 unspecified atom stereocenters. The fraction of sp³-hybridized carbons (Fsp3) is 0.500. The molecule has 1 aromatic rings. The van der Waals surface area contributed by atoms with E-state index in [4.69, 9.17) is 16.7 Å². The van der Waals surface area contributed by atoms with Gasteiger partial charge >= 0.3 is 6.18 Å². The van der Waals surface area contributed by atoms with E-state index in [-0.39, 0.29) is 24.8 Å². The Balaban J connectivity index is 2.61. The number of aliphatic hydroxyl groups is 1. The Labute approximate surface area is 131 Å². The molecule has 0 aliphatic carbocycles. The summed E-state index contributed by atoms with van der Waals surface area (Å²) in [6, 6.07) is 3.08. The van der Waals surface area contributed by atoms with Gasteiger partial charge in [0.15, 0.2) is 0 Å². The van der Waals surface area contributed by atoms with Crippen molar-refractivity contribution in [2.24, 2.45) is 0 Å². The van der Waals surface area contributed by atoms with Crippen LogP contribution in [0.25, 0.3) is 0 Å². The quantitative estimate of drug-likeness (QED) is 0.670. The molecule has 0 aliphatic heterocycles. The summed E-state index contributed by atoms with van der Waals surface area (Å²) < 4.78 is 38.2. The lowest BCUT2D eigenvalue weighted by atomic mass is 10.1. The molecule has 1 atom stereocenters. The molecule has 0 heterocycles. The van der Waals surface area contributed by atoms with E-state index in [1.165, 1.54) is 6.07 Å². The number of alkyl halides is 3. The first kappa shape index (κ1) is 18.7. The van der Waals surface area contributed by atoms with Gasteiger partial charge in [-0.3, -0.25) is 4.79 Å². The van der Waals surface area contributed by atoms with Gasteiger partial charge in [-0.2, -0.15) is 13.2 Å². The summed E-state index contributed by atoms with van der Waals surface area (Å²) >= 11 is 5.51. The third-order valence-corrected chi connectivity index (χ3v) is 3.20. The number of anilines is 1. The van der Waals surface area contributed by atoms with Crippen LogP contribution in [0.15, 0.2) is 18.2 Å². The minimum atomic E-state index is -4.57. The maximum absolute atomic E-state index is 12.7. The molecule has 0 radical (unpaired) electrons. The van der Waals surface area contributed by atoms with Crippen LogP contribution in [0.1, 0.15) is 25.3 Å². The number of hydrogen-bond donors (Lipinski definition) is 3. The van der Waals surface area contributed by atoms with Crippen LogP contribution in [0, 0.1) is 0 Å². The van der Waals surface area contributed by atoms with Gasteiger partial charge in [-0.05, 0) is 38.1 Å². The number of benzene rings is 1. The molecule has 8 heteroatoms. The number of carbonyl (C=O) groups excluding carboxylic acids is 1. The maximum Gasteiger partial charge on any atom is 0.417 e. The van der Waals surface area contributed by atoms with Gasteiger partial charge in [0.05, 0.1) is 10.6 Å². The van der Waals surface area contributed by atoms with Gasteiger partial charge in [-0.1, -0.05) is 11.6 Å². The number of aliphatic hydroxyl groups excluding tert-OH is 1. The second-order valence-corrected chi connectivity index (χ2v) is 5.28. The third kappa shape index (κ3) is 6.21. The predicted molar refractivity (Wildman–Crippen MR) is 78.9 cm³/mol. The van der Waals surface area contributed by atoms with Gasteiger partial charge in [0.1, 0.15) is 0 Å². The minimum absolute atomic E-state index is 0.0456. The molecule has 1 amide bonds. The molecule has 0 saturated carbocycles. The highest BCUT2D eigenvalue weighted by atomic mass is 35.5. The molecule has 0 saturated heterocycles. The first-order chi connectivity index (χ1) is 10.2. The molecular weight excluding hydrogens is 321 g/mol. The molecule has 0 aromatic heterocycles. The first-order valence-electron chi connectivity index (χ1n) is 6.75. The topological polar surface area (TPSA) is 61.4 Å². The SMILES string of the molecule is CC(CC(=O)Nc1ccc(Cl)c(C(F)(F)F)c1)NCCCO. The van der Waals surface area contributed by atoms with Crippen molar-refractivity contribution in [3.63, 3.8) is 0 Å². The van der Waals surface area contributed by atoms with E-state index in [9.17, 15) is 18.0 Å². The number of nitrogens with one attached hydrogen (secondary N) is 2. The zero-order chi connectivity index (χ0) is 16.8. The van der Waals surface area contributed by atoms with Gasteiger partial charge in [0, 0.05) is 24.8 Å². The van der Waals surface area contributed by atoms with Crippen LogP contribution >= 0.6 is 11.6 Å². The van der Waals surface area contributed by atoms with Crippen molar-refractivity contribution < 1.29 is 23.1 Å². The second kappa shape index (κ2) is 8.36. The van der Waals surface area contributed by atoms with E-state index in [0.717, 1.165) is 12.1 Å². The van der Waals surface area contributed by atoms with Crippen molar-refractivity contribution >= 4 is 23.2 Å². The third-order valence-electron chi connectivity index (χ3n) is 2.87. The molecule has 22 heavy (non-hydrogen) atoms. The summed E-state index contributed by atoms with van der Waals surface area (Å²) in [5, 5.41) is 13.7. The van der Waals surface area contributed by atoms with Gasteiger partial charge in [-0.15, -0.1) is 0 Å². The molecule has 0 spiro atoms. The average Bonchev–Trinajstić information content (AvgIpc) is 2.40. The lowest BCUT2D eigenvalue weighted by Crippen LogP contribution is -2.31. The highest BCUT2D eigenvalue weighted by Crippen LogP contribution is 2.36. The summed E-state index contributed by atoms with van der Waals surface area (Å²) in [6.45, 7) is 2.39. The fourth-order valence-corrected chi connectivity index (χ4v) is 2.03. The molecule has 0 aliphatic rings. The summed E-state index contributed by atoms with van der Waals surface area (Å²) in [5.74, 6) is -0.403. The molecule has 1 rings (SSSR count). The zero-order valence-electron chi connectivity index (χ0n) is 12.0. The Morgan fingerprint density at radius 2 is 2.09 bits per heavy atom. The van der Waals surface area contributed by atoms with E-state index in [2.05, 4.69) is 10.6 Å². The van der Waals surface area contributed by atoms with Crippen molar-refractivity contribution in [1.29, 1.82) is 0 Å². The number of carbonyl (C=O) groups is 1. The van der Waals surface area contributed by atoms with E-state index in [0.29, 0.717) is 13.0 Å². The lowest BCUT2D eigenvalue weighted by Gasteiger charge is -2.14. The fourth-order valence-electron chi connectivity index (χ4n) is 1.81. The Morgan fingerprint density at radius 1 is 1.41 bits per heavy atom. The summed E-state index contributed by atoms with van der Waals surface area (Å²) in [7, 11) is 0. The van der Waals surface area contributed by atoms with Crippen molar-refractivity contribution in [2.45, 2.75) is 32.0 Å². The summed E-state index contributed by atoms with van der Waals surface area (Å²) in [5.41, 5.74) is -0.939. The van der Waals surface area contributed by atoms with Crippen molar-refractivity contribution in [3.8, 4) is 0 Å². The van der Waals surface area contributed by atoms with Crippen molar-refractivity contribution in [1.82, 2.24) is 5.32 Å². The molecule has 4 nitrogen and oxygen atoms in total. The Morgan fingerprint density at radius 3 is 2.68 bits per heavy atom. The standard InChI is InChI=1S/C14H18ClF3N2O2/c1-9(19-5-2-6-21)7-13(22)20-10-3-4-12(15)11(8-10)14(16,17)18/h3-4,8-9,19,21H,2,5-7H2,1H3,(H,20,22). The van der Waals surface area contributed by atoms with Gasteiger partial charge in [0.25, 0.3) is 0 Å². The maximum atomic E-state index is 12.7. The van der Waals surface area contributed by atoms with Gasteiger partial charge in [-0.25, -0.2) is 0 Å². The predicted octanol–water partition coefficient (Wildman–Crippen LogP) is 3.05. The monoisotopic (exact) mass is 338 g/mol. The molecule has 0 fully saturated rings. The Hall–Kier alpha value is -1.31. The first-order valence-corrected chi connectivity index (χ1v) is 7.12. The number of amides is 1. The van der Waals surface area contributed by atoms with Crippen molar-refractivity contribution in [3.05, 3.63) is 28.8 Å². The normalized spacial score (nSPS) is 13.0. The number of hydrogen-bond acceptors (Lipinski definition) is 3. The van der Waals surface area contributed by atoms with Gasteiger partial charge in [0.2, 0.25) is 5.91 Å². The molecule has 124 valence electrons. The van der Waals surface area contributed by atoms with Gasteiger partial charge < -0.3 is 15.7 Å². The average molecular weight is 339 g/mol. The zero-order valence-corrected chi connectivity index (χ0v) is 12.8. The van der Waals surface area contributed by atoms with E-state index in [1.807, 2.05) is 0 Å².